The predicted molar refractivity (Wildman–Crippen MR) is 82.7 cm³/mol. The van der Waals surface area contributed by atoms with Crippen molar-refractivity contribution in [1.29, 1.82) is 0 Å². The highest BCUT2D eigenvalue weighted by Crippen LogP contribution is 2.18. The molecule has 0 saturated heterocycles. The van der Waals surface area contributed by atoms with Gasteiger partial charge in [-0.2, -0.15) is 0 Å². The lowest BCUT2D eigenvalue weighted by atomic mass is 10.2. The number of nitrogens with zero attached hydrogens (tertiary/aromatic N) is 1. The van der Waals surface area contributed by atoms with Crippen molar-refractivity contribution in [3.63, 3.8) is 0 Å². The topological polar surface area (TPSA) is 67.0 Å². The number of aromatic nitrogens is 2. The zero-order chi connectivity index (χ0) is 14.7. The first-order valence-corrected chi connectivity index (χ1v) is 6.63. The number of nitrogens with one attached hydrogen (secondary N) is 2. The van der Waals surface area contributed by atoms with Crippen LogP contribution in [-0.2, 0) is 6.54 Å². The summed E-state index contributed by atoms with van der Waals surface area (Å²) in [5.74, 6) is 1.25. The maximum atomic E-state index is 12.0. The van der Waals surface area contributed by atoms with Crippen molar-refractivity contribution in [2.75, 3.05) is 12.4 Å². The first-order valence-electron chi connectivity index (χ1n) is 6.63. The normalized spacial score (nSPS) is 10.5. The number of hydrogen-bond acceptors (Lipinski definition) is 4. The fraction of sp³-hybridized carbons (Fsp3) is 0.125. The average molecular weight is 281 g/mol. The number of aromatic amines is 1. The minimum Gasteiger partial charge on any atom is -0.496 e. The number of benzene rings is 2. The second-order valence-electron chi connectivity index (χ2n) is 4.60. The van der Waals surface area contributed by atoms with Gasteiger partial charge in [0, 0.05) is 12.1 Å². The Morgan fingerprint density at radius 1 is 1.14 bits per heavy atom. The van der Waals surface area contributed by atoms with Gasteiger partial charge >= 0.3 is 0 Å². The third kappa shape index (κ3) is 2.72. The standard InChI is InChI=1S/C16H15N3O2/c1-21-14-9-5-2-6-11(14)10-17-16-18-13-8-4-3-7-12(13)15(20)19-16/h2-9H,10H2,1H3,(H2,17,18,19,20). The number of para-hydroxylation sites is 2. The number of fused-ring (bicyclic) bond motifs is 1. The van der Waals surface area contributed by atoms with Crippen molar-refractivity contribution in [1.82, 2.24) is 9.97 Å². The smallest absolute Gasteiger partial charge is 0.260 e. The molecule has 0 amide bonds. The summed E-state index contributed by atoms with van der Waals surface area (Å²) in [6.45, 7) is 0.519. The van der Waals surface area contributed by atoms with E-state index in [-0.39, 0.29) is 5.56 Å². The highest BCUT2D eigenvalue weighted by Gasteiger charge is 2.05. The first-order chi connectivity index (χ1) is 10.3. The summed E-state index contributed by atoms with van der Waals surface area (Å²) < 4.78 is 5.30. The van der Waals surface area contributed by atoms with E-state index in [1.807, 2.05) is 42.5 Å². The van der Waals surface area contributed by atoms with E-state index in [1.165, 1.54) is 0 Å². The third-order valence-electron chi connectivity index (χ3n) is 3.25. The molecule has 0 unspecified atom stereocenters. The molecule has 3 rings (SSSR count). The van der Waals surface area contributed by atoms with Gasteiger partial charge in [-0.15, -0.1) is 0 Å². The number of anilines is 1. The van der Waals surface area contributed by atoms with Gasteiger partial charge in [-0.1, -0.05) is 30.3 Å². The minimum atomic E-state index is -0.150. The van der Waals surface area contributed by atoms with Crippen LogP contribution in [0.1, 0.15) is 5.56 Å². The Morgan fingerprint density at radius 3 is 2.76 bits per heavy atom. The Kier molecular flexibility index (Phi) is 3.55. The molecule has 2 N–H and O–H groups in total. The highest BCUT2D eigenvalue weighted by molar-refractivity contribution is 5.78. The molecule has 0 bridgehead atoms. The summed E-state index contributed by atoms with van der Waals surface area (Å²) in [7, 11) is 1.63. The van der Waals surface area contributed by atoms with Crippen LogP contribution in [0, 0.1) is 0 Å². The molecule has 0 aliphatic heterocycles. The molecule has 5 nitrogen and oxygen atoms in total. The molecule has 1 aromatic heterocycles. The molecule has 0 saturated carbocycles. The largest absolute Gasteiger partial charge is 0.496 e. The summed E-state index contributed by atoms with van der Waals surface area (Å²) in [5, 5.41) is 3.71. The van der Waals surface area contributed by atoms with Crippen LogP contribution in [0.5, 0.6) is 5.75 Å². The van der Waals surface area contributed by atoms with Crippen LogP contribution in [0.3, 0.4) is 0 Å². The van der Waals surface area contributed by atoms with E-state index in [1.54, 1.807) is 13.2 Å². The lowest BCUT2D eigenvalue weighted by Gasteiger charge is -2.10. The number of H-pyrrole nitrogens is 1. The fourth-order valence-electron chi connectivity index (χ4n) is 2.20. The van der Waals surface area contributed by atoms with Crippen LogP contribution >= 0.6 is 0 Å². The van der Waals surface area contributed by atoms with E-state index < -0.39 is 0 Å². The number of ether oxygens (including phenoxy) is 1. The zero-order valence-electron chi connectivity index (χ0n) is 11.6. The van der Waals surface area contributed by atoms with Crippen molar-refractivity contribution in [3.05, 3.63) is 64.4 Å². The molecule has 21 heavy (non-hydrogen) atoms. The van der Waals surface area contributed by atoms with Crippen LogP contribution in [0.15, 0.2) is 53.3 Å². The molecule has 0 aliphatic carbocycles. The first kappa shape index (κ1) is 13.2. The van der Waals surface area contributed by atoms with E-state index in [9.17, 15) is 4.79 Å². The van der Waals surface area contributed by atoms with Crippen molar-refractivity contribution in [2.24, 2.45) is 0 Å². The van der Waals surface area contributed by atoms with E-state index in [2.05, 4.69) is 15.3 Å². The van der Waals surface area contributed by atoms with E-state index in [0.29, 0.717) is 23.4 Å². The molecule has 0 spiro atoms. The summed E-state index contributed by atoms with van der Waals surface area (Å²) in [6, 6.07) is 15.0. The molecule has 106 valence electrons. The number of methoxy groups -OCH3 is 1. The van der Waals surface area contributed by atoms with Crippen LogP contribution in [-0.4, -0.2) is 17.1 Å². The van der Waals surface area contributed by atoms with Crippen LogP contribution in [0.25, 0.3) is 10.9 Å². The molecule has 1 heterocycles. The van der Waals surface area contributed by atoms with Crippen LogP contribution < -0.4 is 15.6 Å². The van der Waals surface area contributed by atoms with Crippen molar-refractivity contribution in [2.45, 2.75) is 6.54 Å². The molecule has 3 aromatic rings. The predicted octanol–water partition coefficient (Wildman–Crippen LogP) is 2.54. The SMILES string of the molecule is COc1ccccc1CNc1nc2ccccc2c(=O)[nH]1. The Bertz CT molecular complexity index is 827. The Morgan fingerprint density at radius 2 is 1.90 bits per heavy atom. The van der Waals surface area contributed by atoms with Gasteiger partial charge in [0.2, 0.25) is 5.95 Å². The molecule has 5 heteroatoms. The Labute approximate surface area is 121 Å². The number of rotatable bonds is 4. The van der Waals surface area contributed by atoms with Crippen molar-refractivity contribution in [3.8, 4) is 5.75 Å². The van der Waals surface area contributed by atoms with Gasteiger partial charge in [0.15, 0.2) is 0 Å². The second-order valence-corrected chi connectivity index (χ2v) is 4.60. The molecular weight excluding hydrogens is 266 g/mol. The monoisotopic (exact) mass is 281 g/mol. The van der Waals surface area contributed by atoms with E-state index in [0.717, 1.165) is 11.3 Å². The summed E-state index contributed by atoms with van der Waals surface area (Å²) in [6.07, 6.45) is 0. The molecule has 2 aromatic carbocycles. The average Bonchev–Trinajstić information content (AvgIpc) is 2.53. The van der Waals surface area contributed by atoms with E-state index >= 15 is 0 Å². The summed E-state index contributed by atoms with van der Waals surface area (Å²) >= 11 is 0. The third-order valence-corrected chi connectivity index (χ3v) is 3.25. The Balaban J connectivity index is 1.87. The van der Waals surface area contributed by atoms with Gasteiger partial charge in [-0.05, 0) is 18.2 Å². The van der Waals surface area contributed by atoms with Gasteiger partial charge < -0.3 is 10.1 Å². The summed E-state index contributed by atoms with van der Waals surface area (Å²) in [5.41, 5.74) is 1.52. The lowest BCUT2D eigenvalue weighted by molar-refractivity contribution is 0.410. The highest BCUT2D eigenvalue weighted by atomic mass is 16.5. The minimum absolute atomic E-state index is 0.150. The van der Waals surface area contributed by atoms with Crippen molar-refractivity contribution < 1.29 is 4.74 Å². The van der Waals surface area contributed by atoms with Crippen LogP contribution in [0.2, 0.25) is 0 Å². The number of hydrogen-bond donors (Lipinski definition) is 2. The van der Waals surface area contributed by atoms with Gasteiger partial charge in [0.05, 0.1) is 18.0 Å². The van der Waals surface area contributed by atoms with Gasteiger partial charge in [0.25, 0.3) is 5.56 Å². The lowest BCUT2D eigenvalue weighted by Crippen LogP contribution is -2.13. The maximum Gasteiger partial charge on any atom is 0.260 e. The maximum absolute atomic E-state index is 12.0. The van der Waals surface area contributed by atoms with Crippen molar-refractivity contribution >= 4 is 16.9 Å². The molecule has 0 fully saturated rings. The van der Waals surface area contributed by atoms with Gasteiger partial charge in [0.1, 0.15) is 5.75 Å². The summed E-state index contributed by atoms with van der Waals surface area (Å²) in [4.78, 5) is 19.1. The van der Waals surface area contributed by atoms with Gasteiger partial charge in [-0.25, -0.2) is 4.98 Å². The molecule has 0 atom stereocenters. The Hall–Kier alpha value is -2.82. The van der Waals surface area contributed by atoms with E-state index in [4.69, 9.17) is 4.74 Å². The molecule has 0 radical (unpaired) electrons. The van der Waals surface area contributed by atoms with Gasteiger partial charge in [-0.3, -0.25) is 9.78 Å². The second kappa shape index (κ2) is 5.66. The van der Waals surface area contributed by atoms with Crippen LogP contribution in [0.4, 0.5) is 5.95 Å². The molecule has 0 aliphatic rings. The zero-order valence-corrected chi connectivity index (χ0v) is 11.6. The molecular formula is C16H15N3O2. The fourth-order valence-corrected chi connectivity index (χ4v) is 2.20. The quantitative estimate of drug-likeness (QED) is 0.771.